The first-order chi connectivity index (χ1) is 15.7. The van der Waals surface area contributed by atoms with Gasteiger partial charge in [0.2, 0.25) is 0 Å². The van der Waals surface area contributed by atoms with Crippen LogP contribution in [0.25, 0.3) is 10.9 Å². The van der Waals surface area contributed by atoms with E-state index >= 15 is 0 Å². The van der Waals surface area contributed by atoms with Crippen molar-refractivity contribution in [3.05, 3.63) is 107 Å². The lowest BCUT2D eigenvalue weighted by atomic mass is 9.98. The van der Waals surface area contributed by atoms with Gasteiger partial charge in [-0.3, -0.25) is 4.79 Å². The Kier molecular flexibility index (Phi) is 8.38. The lowest BCUT2D eigenvalue weighted by Gasteiger charge is -2.09. The van der Waals surface area contributed by atoms with Gasteiger partial charge in [-0.15, -0.1) is 0 Å². The zero-order chi connectivity index (χ0) is 22.8. The Balaban J connectivity index is 0.00000141. The number of aromatic nitrogens is 1. The fraction of sp³-hybridized carbons (Fsp3) is 0.214. The molecule has 1 N–H and O–H groups in total. The van der Waals surface area contributed by atoms with Gasteiger partial charge in [-0.1, -0.05) is 74.5 Å². The highest BCUT2D eigenvalue weighted by atomic mass is 16.5. The van der Waals surface area contributed by atoms with Gasteiger partial charge in [0.05, 0.1) is 17.6 Å². The van der Waals surface area contributed by atoms with E-state index in [4.69, 9.17) is 9.84 Å². The van der Waals surface area contributed by atoms with Crippen LogP contribution in [0.1, 0.15) is 36.2 Å². The fourth-order valence-corrected chi connectivity index (χ4v) is 3.51. The van der Waals surface area contributed by atoms with Crippen LogP contribution < -0.4 is 4.74 Å². The smallest absolute Gasteiger partial charge is 0.307 e. The first-order valence-corrected chi connectivity index (χ1v) is 11.0. The monoisotopic (exact) mass is 427 g/mol. The van der Waals surface area contributed by atoms with Crippen molar-refractivity contribution in [2.24, 2.45) is 0 Å². The largest absolute Gasteiger partial charge is 0.487 e. The highest BCUT2D eigenvalue weighted by Gasteiger charge is 2.07. The van der Waals surface area contributed by atoms with Gasteiger partial charge in [-0.2, -0.15) is 0 Å². The number of ether oxygens (including phenoxy) is 1. The summed E-state index contributed by atoms with van der Waals surface area (Å²) in [4.78, 5) is 15.7. The van der Waals surface area contributed by atoms with Crippen LogP contribution >= 0.6 is 0 Å². The molecule has 4 aromatic rings. The van der Waals surface area contributed by atoms with Gasteiger partial charge in [0.1, 0.15) is 12.4 Å². The van der Waals surface area contributed by atoms with Crippen molar-refractivity contribution in [3.63, 3.8) is 0 Å². The number of aliphatic carboxylic acids is 1. The highest BCUT2D eigenvalue weighted by Crippen LogP contribution is 2.18. The molecule has 4 heteroatoms. The normalized spacial score (nSPS) is 10.3. The van der Waals surface area contributed by atoms with Crippen LogP contribution in [-0.4, -0.2) is 16.1 Å². The van der Waals surface area contributed by atoms with Gasteiger partial charge in [0.25, 0.3) is 0 Å². The third-order valence-corrected chi connectivity index (χ3v) is 5.11. The lowest BCUT2D eigenvalue weighted by Crippen LogP contribution is -2.04. The Labute approximate surface area is 189 Å². The van der Waals surface area contributed by atoms with Crippen LogP contribution in [0.2, 0.25) is 0 Å². The molecule has 164 valence electrons. The number of pyridine rings is 1. The number of benzene rings is 3. The van der Waals surface area contributed by atoms with E-state index in [1.54, 1.807) is 0 Å². The van der Waals surface area contributed by atoms with Crippen molar-refractivity contribution in [2.75, 3.05) is 0 Å². The minimum atomic E-state index is -0.801. The van der Waals surface area contributed by atoms with E-state index in [0.717, 1.165) is 46.3 Å². The molecule has 0 saturated carbocycles. The first kappa shape index (κ1) is 23.0. The van der Waals surface area contributed by atoms with E-state index in [-0.39, 0.29) is 6.42 Å². The summed E-state index contributed by atoms with van der Waals surface area (Å²) < 4.78 is 5.89. The standard InChI is InChI=1S/C26H23NO3.C2H6/c28-26(29)17-22-7-2-1-5-20(22)12-9-19-10-15-24(16-11-19)30-18-23-14-13-21-6-3-4-8-25(21)27-23;1-2/h1-8,10-11,13-16H,9,12,17-18H2,(H,28,29);1-2H3. The molecule has 0 unspecified atom stereocenters. The van der Waals surface area contributed by atoms with Gasteiger partial charge >= 0.3 is 5.97 Å². The van der Waals surface area contributed by atoms with E-state index in [1.165, 1.54) is 5.56 Å². The molecule has 0 aliphatic heterocycles. The maximum absolute atomic E-state index is 11.0. The average Bonchev–Trinajstić information content (AvgIpc) is 2.83. The maximum atomic E-state index is 11.0. The molecule has 4 rings (SSSR count). The van der Waals surface area contributed by atoms with E-state index in [9.17, 15) is 4.79 Å². The summed E-state index contributed by atoms with van der Waals surface area (Å²) in [5.41, 5.74) is 5.02. The van der Waals surface area contributed by atoms with Gasteiger partial charge in [0.15, 0.2) is 0 Å². The Morgan fingerprint density at radius 2 is 1.50 bits per heavy atom. The van der Waals surface area contributed by atoms with Gasteiger partial charge in [0, 0.05) is 5.39 Å². The number of hydrogen-bond donors (Lipinski definition) is 1. The predicted octanol–water partition coefficient (Wildman–Crippen LogP) is 6.25. The minimum Gasteiger partial charge on any atom is -0.487 e. The van der Waals surface area contributed by atoms with Gasteiger partial charge < -0.3 is 9.84 Å². The summed E-state index contributed by atoms with van der Waals surface area (Å²) in [5, 5.41) is 10.2. The molecular formula is C28H29NO3. The first-order valence-electron chi connectivity index (χ1n) is 11.0. The van der Waals surface area contributed by atoms with Crippen LogP contribution in [0.15, 0.2) is 84.9 Å². The molecule has 0 spiro atoms. The minimum absolute atomic E-state index is 0.0613. The second kappa shape index (κ2) is 11.7. The van der Waals surface area contributed by atoms with Crippen LogP contribution in [0.5, 0.6) is 5.75 Å². The Morgan fingerprint density at radius 1 is 0.812 bits per heavy atom. The van der Waals surface area contributed by atoms with E-state index in [2.05, 4.69) is 23.2 Å². The van der Waals surface area contributed by atoms with Crippen LogP contribution in [-0.2, 0) is 30.7 Å². The van der Waals surface area contributed by atoms with Crippen molar-refractivity contribution < 1.29 is 14.6 Å². The summed E-state index contributed by atoms with van der Waals surface area (Å²) in [6, 6.07) is 27.9. The third-order valence-electron chi connectivity index (χ3n) is 5.11. The lowest BCUT2D eigenvalue weighted by molar-refractivity contribution is -0.136. The zero-order valence-electron chi connectivity index (χ0n) is 18.6. The molecule has 0 fully saturated rings. The number of carboxylic acid groups (broad SMARTS) is 1. The number of carbonyl (C=O) groups is 1. The third kappa shape index (κ3) is 6.42. The molecule has 0 atom stereocenters. The number of nitrogens with zero attached hydrogens (tertiary/aromatic N) is 1. The summed E-state index contributed by atoms with van der Waals surface area (Å²) >= 11 is 0. The second-order valence-electron chi connectivity index (χ2n) is 7.27. The van der Waals surface area contributed by atoms with Crippen molar-refractivity contribution in [1.29, 1.82) is 0 Å². The summed E-state index contributed by atoms with van der Waals surface area (Å²) in [6.45, 7) is 4.42. The topological polar surface area (TPSA) is 59.4 Å². The molecule has 1 aromatic heterocycles. The SMILES string of the molecule is CC.O=C(O)Cc1ccccc1CCc1ccc(OCc2ccc3ccccc3n2)cc1. The van der Waals surface area contributed by atoms with E-state index in [1.807, 2.05) is 80.6 Å². The predicted molar refractivity (Wildman–Crippen MR) is 129 cm³/mol. The molecule has 4 nitrogen and oxygen atoms in total. The van der Waals surface area contributed by atoms with Crippen LogP contribution in [0, 0.1) is 0 Å². The van der Waals surface area contributed by atoms with Gasteiger partial charge in [-0.25, -0.2) is 4.98 Å². The Bertz CT molecular complexity index is 1150. The quantitative estimate of drug-likeness (QED) is 0.361. The van der Waals surface area contributed by atoms with Crippen LogP contribution in [0.3, 0.4) is 0 Å². The average molecular weight is 428 g/mol. The second-order valence-corrected chi connectivity index (χ2v) is 7.27. The van der Waals surface area contributed by atoms with Crippen molar-refractivity contribution in [3.8, 4) is 5.75 Å². The molecule has 0 saturated heterocycles. The number of carboxylic acids is 1. The van der Waals surface area contributed by atoms with E-state index in [0.29, 0.717) is 6.61 Å². The van der Waals surface area contributed by atoms with E-state index < -0.39 is 5.97 Å². The molecule has 0 amide bonds. The zero-order valence-corrected chi connectivity index (χ0v) is 18.6. The molecule has 1 heterocycles. The fourth-order valence-electron chi connectivity index (χ4n) is 3.51. The highest BCUT2D eigenvalue weighted by molar-refractivity contribution is 5.78. The summed E-state index contributed by atoms with van der Waals surface area (Å²) in [5.74, 6) is 0.00448. The van der Waals surface area contributed by atoms with Crippen molar-refractivity contribution in [1.82, 2.24) is 4.98 Å². The molecule has 0 bridgehead atoms. The van der Waals surface area contributed by atoms with Crippen LogP contribution in [0.4, 0.5) is 0 Å². The van der Waals surface area contributed by atoms with Crippen molar-refractivity contribution in [2.45, 2.75) is 39.7 Å². The molecule has 0 aliphatic carbocycles. The molecule has 0 aliphatic rings. The van der Waals surface area contributed by atoms with Crippen molar-refractivity contribution >= 4 is 16.9 Å². The molecule has 0 radical (unpaired) electrons. The Morgan fingerprint density at radius 3 is 2.25 bits per heavy atom. The Hall–Kier alpha value is -3.66. The summed E-state index contributed by atoms with van der Waals surface area (Å²) in [6.07, 6.45) is 1.72. The molecule has 32 heavy (non-hydrogen) atoms. The summed E-state index contributed by atoms with van der Waals surface area (Å²) in [7, 11) is 0. The van der Waals surface area contributed by atoms with Gasteiger partial charge in [-0.05, 0) is 53.8 Å². The number of hydrogen-bond acceptors (Lipinski definition) is 3. The number of fused-ring (bicyclic) bond motifs is 1. The molecular weight excluding hydrogens is 398 g/mol. The maximum Gasteiger partial charge on any atom is 0.307 e. The number of aryl methyl sites for hydroxylation is 2. The number of para-hydroxylation sites is 1. The molecule has 3 aromatic carbocycles. The number of rotatable bonds is 8.